The molecular formula is C21H26N6O. The van der Waals surface area contributed by atoms with Crippen LogP contribution in [0.25, 0.3) is 5.78 Å². The summed E-state index contributed by atoms with van der Waals surface area (Å²) in [4.78, 5) is 23.5. The first-order valence-electron chi connectivity index (χ1n) is 9.88. The lowest BCUT2D eigenvalue weighted by Gasteiger charge is -2.26. The Balaban J connectivity index is 1.36. The van der Waals surface area contributed by atoms with Gasteiger partial charge in [0.1, 0.15) is 0 Å². The van der Waals surface area contributed by atoms with Crippen LogP contribution < -0.4 is 5.32 Å². The molecule has 3 heterocycles. The minimum Gasteiger partial charge on any atom is -0.345 e. The van der Waals surface area contributed by atoms with Gasteiger partial charge in [-0.05, 0) is 57.0 Å². The molecule has 1 aromatic carbocycles. The number of benzene rings is 1. The monoisotopic (exact) mass is 378 g/mol. The summed E-state index contributed by atoms with van der Waals surface area (Å²) < 4.78 is 1.59. The van der Waals surface area contributed by atoms with Crippen molar-refractivity contribution in [1.29, 1.82) is 0 Å². The average molecular weight is 378 g/mol. The minimum atomic E-state index is -0.292. The number of fused-ring (bicyclic) bond motifs is 1. The van der Waals surface area contributed by atoms with Crippen molar-refractivity contribution in [2.24, 2.45) is 0 Å². The van der Waals surface area contributed by atoms with Gasteiger partial charge < -0.3 is 5.32 Å². The average Bonchev–Trinajstić information content (AvgIpc) is 3.12. The molecular weight excluding hydrogens is 352 g/mol. The van der Waals surface area contributed by atoms with E-state index in [0.717, 1.165) is 23.5 Å². The van der Waals surface area contributed by atoms with Crippen LogP contribution in [-0.4, -0.2) is 43.5 Å². The molecule has 146 valence electrons. The van der Waals surface area contributed by atoms with Gasteiger partial charge in [-0.15, -0.1) is 5.10 Å². The van der Waals surface area contributed by atoms with E-state index < -0.39 is 0 Å². The van der Waals surface area contributed by atoms with Gasteiger partial charge in [-0.2, -0.15) is 4.98 Å². The molecule has 1 N–H and O–H groups in total. The molecule has 2 aromatic heterocycles. The fourth-order valence-corrected chi connectivity index (χ4v) is 3.66. The smallest absolute Gasteiger partial charge is 0.291 e. The molecule has 7 heteroatoms. The van der Waals surface area contributed by atoms with Crippen molar-refractivity contribution in [3.05, 3.63) is 58.7 Å². The molecule has 1 fully saturated rings. The van der Waals surface area contributed by atoms with Crippen molar-refractivity contribution in [3.8, 4) is 0 Å². The number of hydrogen-bond donors (Lipinski definition) is 1. The van der Waals surface area contributed by atoms with Crippen LogP contribution in [0, 0.1) is 13.8 Å². The lowest BCUT2D eigenvalue weighted by Crippen LogP contribution is -2.29. The maximum atomic E-state index is 12.4. The Morgan fingerprint density at radius 1 is 1.04 bits per heavy atom. The van der Waals surface area contributed by atoms with E-state index in [0.29, 0.717) is 12.3 Å². The number of amides is 1. The standard InChI is InChI=1S/C21H26N6O/c1-15-12-16(2)27-21(23-15)24-19(25-27)20(28)22-13-17-6-8-18(9-7-17)14-26-10-4-3-5-11-26/h6-9,12H,3-5,10-11,13-14H2,1-2H3,(H,22,28). The van der Waals surface area contributed by atoms with Crippen molar-refractivity contribution < 1.29 is 4.79 Å². The third-order valence-corrected chi connectivity index (χ3v) is 5.15. The number of nitrogens with one attached hydrogen (secondary N) is 1. The van der Waals surface area contributed by atoms with Crippen molar-refractivity contribution in [1.82, 2.24) is 29.8 Å². The Morgan fingerprint density at radius 2 is 1.75 bits per heavy atom. The zero-order chi connectivity index (χ0) is 19.5. The highest BCUT2D eigenvalue weighted by Gasteiger charge is 2.15. The lowest BCUT2D eigenvalue weighted by molar-refractivity contribution is 0.0940. The zero-order valence-electron chi connectivity index (χ0n) is 16.5. The third kappa shape index (κ3) is 4.20. The summed E-state index contributed by atoms with van der Waals surface area (Å²) >= 11 is 0. The van der Waals surface area contributed by atoms with E-state index in [1.165, 1.54) is 37.9 Å². The Labute approximate surface area is 164 Å². The second kappa shape index (κ2) is 8.06. The number of aromatic nitrogens is 4. The van der Waals surface area contributed by atoms with Crippen LogP contribution >= 0.6 is 0 Å². The van der Waals surface area contributed by atoms with Crippen molar-refractivity contribution in [3.63, 3.8) is 0 Å². The molecule has 7 nitrogen and oxygen atoms in total. The number of rotatable bonds is 5. The van der Waals surface area contributed by atoms with Crippen molar-refractivity contribution >= 4 is 11.7 Å². The van der Waals surface area contributed by atoms with E-state index in [4.69, 9.17) is 0 Å². The Bertz CT molecular complexity index is 972. The number of carbonyl (C=O) groups excluding carboxylic acids is 1. The summed E-state index contributed by atoms with van der Waals surface area (Å²) in [7, 11) is 0. The first kappa shape index (κ1) is 18.6. The summed E-state index contributed by atoms with van der Waals surface area (Å²) in [6.07, 6.45) is 3.96. The molecule has 0 spiro atoms. The summed E-state index contributed by atoms with van der Waals surface area (Å²) in [5.41, 5.74) is 4.13. The summed E-state index contributed by atoms with van der Waals surface area (Å²) in [6, 6.07) is 10.4. The topological polar surface area (TPSA) is 75.4 Å². The number of likely N-dealkylation sites (tertiary alicyclic amines) is 1. The van der Waals surface area contributed by atoms with Crippen molar-refractivity contribution in [2.75, 3.05) is 13.1 Å². The SMILES string of the molecule is Cc1cc(C)n2nc(C(=O)NCc3ccc(CN4CCCCC4)cc3)nc2n1. The van der Waals surface area contributed by atoms with E-state index in [1.54, 1.807) is 4.52 Å². The highest BCUT2D eigenvalue weighted by atomic mass is 16.2. The summed E-state index contributed by atoms with van der Waals surface area (Å²) in [5, 5.41) is 7.17. The van der Waals surface area contributed by atoms with Gasteiger partial charge in [0, 0.05) is 24.5 Å². The van der Waals surface area contributed by atoms with Gasteiger partial charge in [-0.1, -0.05) is 30.7 Å². The number of hydrogen-bond acceptors (Lipinski definition) is 5. The van der Waals surface area contributed by atoms with Crippen LogP contribution in [0.15, 0.2) is 30.3 Å². The molecule has 0 saturated carbocycles. The van der Waals surface area contributed by atoms with E-state index >= 15 is 0 Å². The maximum absolute atomic E-state index is 12.4. The molecule has 0 atom stereocenters. The van der Waals surface area contributed by atoms with E-state index in [1.807, 2.05) is 19.9 Å². The summed E-state index contributed by atoms with van der Waals surface area (Å²) in [6.45, 7) is 7.66. The predicted octanol–water partition coefficient (Wildman–Crippen LogP) is 2.66. The number of nitrogens with zero attached hydrogens (tertiary/aromatic N) is 5. The molecule has 0 radical (unpaired) electrons. The number of piperidine rings is 1. The van der Waals surface area contributed by atoms with E-state index in [-0.39, 0.29) is 11.7 Å². The molecule has 0 aliphatic carbocycles. The van der Waals surface area contributed by atoms with Crippen LogP contribution in [-0.2, 0) is 13.1 Å². The first-order chi connectivity index (χ1) is 13.6. The second-order valence-corrected chi connectivity index (χ2v) is 7.52. The largest absolute Gasteiger partial charge is 0.345 e. The van der Waals surface area contributed by atoms with Gasteiger partial charge in [0.15, 0.2) is 0 Å². The van der Waals surface area contributed by atoms with E-state index in [9.17, 15) is 4.79 Å². The highest BCUT2D eigenvalue weighted by Crippen LogP contribution is 2.14. The normalized spacial score (nSPS) is 15.1. The van der Waals surface area contributed by atoms with Gasteiger partial charge in [-0.25, -0.2) is 9.50 Å². The number of carbonyl (C=O) groups is 1. The summed E-state index contributed by atoms with van der Waals surface area (Å²) in [5.74, 6) is 0.299. The third-order valence-electron chi connectivity index (χ3n) is 5.15. The minimum absolute atomic E-state index is 0.142. The molecule has 28 heavy (non-hydrogen) atoms. The molecule has 1 aliphatic heterocycles. The van der Waals surface area contributed by atoms with Gasteiger partial charge in [0.25, 0.3) is 11.7 Å². The highest BCUT2D eigenvalue weighted by molar-refractivity contribution is 5.90. The fraction of sp³-hybridized carbons (Fsp3) is 0.429. The fourth-order valence-electron chi connectivity index (χ4n) is 3.66. The Hall–Kier alpha value is -2.80. The van der Waals surface area contributed by atoms with Crippen molar-refractivity contribution in [2.45, 2.75) is 46.2 Å². The maximum Gasteiger partial charge on any atom is 0.291 e. The van der Waals surface area contributed by atoms with Crippen LogP contribution in [0.3, 0.4) is 0 Å². The molecule has 1 saturated heterocycles. The van der Waals surface area contributed by atoms with Gasteiger partial charge >= 0.3 is 0 Å². The zero-order valence-corrected chi connectivity index (χ0v) is 16.5. The molecule has 1 amide bonds. The lowest BCUT2D eigenvalue weighted by atomic mass is 10.1. The second-order valence-electron chi connectivity index (χ2n) is 7.52. The molecule has 1 aliphatic rings. The molecule has 4 rings (SSSR count). The molecule has 0 unspecified atom stereocenters. The van der Waals surface area contributed by atoms with Crippen LogP contribution in [0.4, 0.5) is 0 Å². The van der Waals surface area contributed by atoms with Gasteiger partial charge in [-0.3, -0.25) is 9.69 Å². The van der Waals surface area contributed by atoms with E-state index in [2.05, 4.69) is 49.5 Å². The Morgan fingerprint density at radius 3 is 2.50 bits per heavy atom. The first-order valence-corrected chi connectivity index (χ1v) is 9.88. The molecule has 0 bridgehead atoms. The predicted molar refractivity (Wildman–Crippen MR) is 107 cm³/mol. The van der Waals surface area contributed by atoms with Crippen LogP contribution in [0.5, 0.6) is 0 Å². The van der Waals surface area contributed by atoms with Crippen LogP contribution in [0.2, 0.25) is 0 Å². The van der Waals surface area contributed by atoms with Crippen LogP contribution in [0.1, 0.15) is 52.4 Å². The quantitative estimate of drug-likeness (QED) is 0.739. The Kier molecular flexibility index (Phi) is 5.34. The van der Waals surface area contributed by atoms with Gasteiger partial charge in [0.2, 0.25) is 5.82 Å². The molecule has 3 aromatic rings. The number of aryl methyl sites for hydroxylation is 2. The van der Waals surface area contributed by atoms with Gasteiger partial charge in [0.05, 0.1) is 0 Å².